The predicted octanol–water partition coefficient (Wildman–Crippen LogP) is 1.48. The van der Waals surface area contributed by atoms with Crippen LogP contribution in [0.5, 0.6) is 0 Å². The number of nitrogens with zero attached hydrogens (tertiary/aromatic N) is 3. The molecular formula is C14H15F2N3O2. The molecule has 1 aromatic heterocycles. The molecule has 3 rings (SSSR count). The van der Waals surface area contributed by atoms with E-state index in [0.29, 0.717) is 25.1 Å². The number of rotatable bonds is 4. The van der Waals surface area contributed by atoms with Crippen LogP contribution >= 0.6 is 0 Å². The maximum absolute atomic E-state index is 13.5. The second kappa shape index (κ2) is 5.50. The molecule has 1 fully saturated rings. The number of aliphatic hydroxyl groups excluding tert-OH is 1. The molecule has 2 heterocycles. The molecule has 0 amide bonds. The molecule has 0 spiro atoms. The molecule has 0 unspecified atom stereocenters. The van der Waals surface area contributed by atoms with E-state index in [1.807, 2.05) is 0 Å². The summed E-state index contributed by atoms with van der Waals surface area (Å²) in [6.07, 6.45) is 3.45. The number of hydrogen-bond donors (Lipinski definition) is 1. The minimum Gasteiger partial charge on any atom is -0.396 e. The fourth-order valence-corrected chi connectivity index (χ4v) is 2.74. The number of aliphatic hydroxyl groups is 1. The number of aromatic nitrogens is 3. The van der Waals surface area contributed by atoms with Crippen molar-refractivity contribution in [3.63, 3.8) is 0 Å². The highest BCUT2D eigenvalue weighted by Gasteiger charge is 2.42. The van der Waals surface area contributed by atoms with E-state index in [1.54, 1.807) is 4.68 Å². The Labute approximate surface area is 120 Å². The van der Waals surface area contributed by atoms with Gasteiger partial charge in [-0.05, 0) is 24.1 Å². The summed E-state index contributed by atoms with van der Waals surface area (Å²) in [6.45, 7) is 0.682. The van der Waals surface area contributed by atoms with Crippen molar-refractivity contribution >= 4 is 0 Å². The van der Waals surface area contributed by atoms with Crippen molar-refractivity contribution < 1.29 is 18.6 Å². The van der Waals surface area contributed by atoms with E-state index in [4.69, 9.17) is 4.74 Å². The van der Waals surface area contributed by atoms with Crippen LogP contribution < -0.4 is 0 Å². The smallest absolute Gasteiger partial charge is 0.159 e. The van der Waals surface area contributed by atoms with Crippen LogP contribution in [0.25, 0.3) is 0 Å². The first kappa shape index (κ1) is 14.1. The van der Waals surface area contributed by atoms with Crippen LogP contribution in [0.1, 0.15) is 12.0 Å². The zero-order valence-electron chi connectivity index (χ0n) is 11.2. The third kappa shape index (κ3) is 2.66. The summed E-state index contributed by atoms with van der Waals surface area (Å²) in [5.74, 6) is -1.85. The normalized spacial score (nSPS) is 25.4. The SMILES string of the molecule is OC[C@@H]1CO[C@@](Cn2cncn2)(c2ccc(F)c(F)c2)C1. The lowest BCUT2D eigenvalue weighted by Gasteiger charge is -2.29. The van der Waals surface area contributed by atoms with Gasteiger partial charge in [0.05, 0.1) is 13.2 Å². The Balaban J connectivity index is 1.97. The van der Waals surface area contributed by atoms with Gasteiger partial charge >= 0.3 is 0 Å². The first-order valence-corrected chi connectivity index (χ1v) is 6.66. The van der Waals surface area contributed by atoms with Crippen LogP contribution in [0, 0.1) is 17.6 Å². The molecule has 1 aromatic carbocycles. The van der Waals surface area contributed by atoms with Crippen molar-refractivity contribution in [3.8, 4) is 0 Å². The quantitative estimate of drug-likeness (QED) is 0.928. The van der Waals surface area contributed by atoms with E-state index in [1.165, 1.54) is 18.7 Å². The second-order valence-electron chi connectivity index (χ2n) is 5.28. The standard InChI is InChI=1S/C14H15F2N3O2/c15-12-2-1-11(3-13(12)16)14(4-10(5-20)6-21-14)7-19-9-17-8-18-19/h1-3,8-10,20H,4-7H2/t10-,14+/m1/s1. The lowest BCUT2D eigenvalue weighted by molar-refractivity contribution is -0.0183. The lowest BCUT2D eigenvalue weighted by atomic mass is 9.87. The minimum atomic E-state index is -0.915. The molecule has 21 heavy (non-hydrogen) atoms. The monoisotopic (exact) mass is 295 g/mol. The molecule has 0 saturated carbocycles. The summed E-state index contributed by atoms with van der Waals surface area (Å²) in [4.78, 5) is 3.87. The first-order chi connectivity index (χ1) is 10.1. The van der Waals surface area contributed by atoms with Crippen molar-refractivity contribution in [3.05, 3.63) is 48.1 Å². The predicted molar refractivity (Wildman–Crippen MR) is 69.2 cm³/mol. The molecule has 2 aromatic rings. The van der Waals surface area contributed by atoms with E-state index in [9.17, 15) is 13.9 Å². The fraction of sp³-hybridized carbons (Fsp3) is 0.429. The van der Waals surface area contributed by atoms with Crippen molar-refractivity contribution in [2.24, 2.45) is 5.92 Å². The Hall–Kier alpha value is -1.86. The third-order valence-electron chi connectivity index (χ3n) is 3.80. The van der Waals surface area contributed by atoms with Gasteiger partial charge in [-0.2, -0.15) is 5.10 Å². The largest absolute Gasteiger partial charge is 0.396 e. The zero-order valence-corrected chi connectivity index (χ0v) is 11.2. The topological polar surface area (TPSA) is 60.2 Å². The van der Waals surface area contributed by atoms with E-state index in [2.05, 4.69) is 10.1 Å². The third-order valence-corrected chi connectivity index (χ3v) is 3.80. The van der Waals surface area contributed by atoms with E-state index in [0.717, 1.165) is 12.1 Å². The van der Waals surface area contributed by atoms with Gasteiger partial charge in [0, 0.05) is 12.5 Å². The fourth-order valence-electron chi connectivity index (χ4n) is 2.74. The summed E-state index contributed by atoms with van der Waals surface area (Å²) in [5, 5.41) is 13.4. The van der Waals surface area contributed by atoms with Crippen LogP contribution in [0.4, 0.5) is 8.78 Å². The van der Waals surface area contributed by atoms with Crippen molar-refractivity contribution in [2.45, 2.75) is 18.6 Å². The summed E-state index contributed by atoms with van der Waals surface area (Å²) in [6, 6.07) is 3.74. The molecule has 1 saturated heterocycles. The number of ether oxygens (including phenoxy) is 1. The maximum Gasteiger partial charge on any atom is 0.159 e. The van der Waals surface area contributed by atoms with E-state index < -0.39 is 17.2 Å². The van der Waals surface area contributed by atoms with Gasteiger partial charge in [0.15, 0.2) is 11.6 Å². The van der Waals surface area contributed by atoms with Crippen molar-refractivity contribution in [1.82, 2.24) is 14.8 Å². The summed E-state index contributed by atoms with van der Waals surface area (Å²) < 4.78 is 34.1. The number of hydrogen-bond acceptors (Lipinski definition) is 4. The number of benzene rings is 1. The molecule has 0 aliphatic carbocycles. The van der Waals surface area contributed by atoms with Gasteiger partial charge in [-0.3, -0.25) is 0 Å². The lowest BCUT2D eigenvalue weighted by Crippen LogP contribution is -2.31. The first-order valence-electron chi connectivity index (χ1n) is 6.66. The molecule has 0 radical (unpaired) electrons. The molecule has 1 aliphatic rings. The van der Waals surface area contributed by atoms with E-state index in [-0.39, 0.29) is 12.5 Å². The average molecular weight is 295 g/mol. The second-order valence-corrected chi connectivity index (χ2v) is 5.28. The molecule has 2 atom stereocenters. The van der Waals surface area contributed by atoms with Crippen LogP contribution in [-0.4, -0.2) is 33.1 Å². The van der Waals surface area contributed by atoms with Gasteiger partial charge < -0.3 is 9.84 Å². The summed E-state index contributed by atoms with van der Waals surface area (Å²) in [5.41, 5.74) is -0.303. The average Bonchev–Trinajstić information content (AvgIpc) is 3.12. The molecule has 112 valence electrons. The Morgan fingerprint density at radius 1 is 1.38 bits per heavy atom. The molecule has 1 N–H and O–H groups in total. The molecule has 1 aliphatic heterocycles. The number of halogens is 2. The van der Waals surface area contributed by atoms with Gasteiger partial charge in [0.1, 0.15) is 18.3 Å². The maximum atomic E-state index is 13.5. The van der Waals surface area contributed by atoms with Gasteiger partial charge in [0.25, 0.3) is 0 Å². The highest BCUT2D eigenvalue weighted by atomic mass is 19.2. The van der Waals surface area contributed by atoms with Crippen molar-refractivity contribution in [1.29, 1.82) is 0 Å². The van der Waals surface area contributed by atoms with Gasteiger partial charge in [-0.25, -0.2) is 18.4 Å². The van der Waals surface area contributed by atoms with Crippen LogP contribution in [0.3, 0.4) is 0 Å². The Bertz CT molecular complexity index is 621. The molecule has 0 bridgehead atoms. The Morgan fingerprint density at radius 2 is 2.24 bits per heavy atom. The highest BCUT2D eigenvalue weighted by Crippen LogP contribution is 2.40. The van der Waals surface area contributed by atoms with Gasteiger partial charge in [0.2, 0.25) is 0 Å². The highest BCUT2D eigenvalue weighted by molar-refractivity contribution is 5.25. The zero-order chi connectivity index (χ0) is 14.9. The van der Waals surface area contributed by atoms with Gasteiger partial charge in [-0.15, -0.1) is 0 Å². The molecule has 7 heteroatoms. The van der Waals surface area contributed by atoms with Crippen LogP contribution in [0.2, 0.25) is 0 Å². The van der Waals surface area contributed by atoms with Crippen LogP contribution in [-0.2, 0) is 16.9 Å². The molecular weight excluding hydrogens is 280 g/mol. The minimum absolute atomic E-state index is 0.0111. The van der Waals surface area contributed by atoms with Crippen LogP contribution in [0.15, 0.2) is 30.9 Å². The van der Waals surface area contributed by atoms with E-state index >= 15 is 0 Å². The summed E-state index contributed by atoms with van der Waals surface area (Å²) in [7, 11) is 0. The Morgan fingerprint density at radius 3 is 2.86 bits per heavy atom. The summed E-state index contributed by atoms with van der Waals surface area (Å²) >= 11 is 0. The van der Waals surface area contributed by atoms with Crippen molar-refractivity contribution in [2.75, 3.05) is 13.2 Å². The Kier molecular flexibility index (Phi) is 3.69. The molecule has 5 nitrogen and oxygen atoms in total. The van der Waals surface area contributed by atoms with Gasteiger partial charge in [-0.1, -0.05) is 6.07 Å².